The Bertz CT molecular complexity index is 1420. The summed E-state index contributed by atoms with van der Waals surface area (Å²) in [7, 11) is -1.51. The van der Waals surface area contributed by atoms with Crippen LogP contribution in [0.25, 0.3) is 0 Å². The van der Waals surface area contributed by atoms with Crippen LogP contribution in [0.5, 0.6) is 0 Å². The third kappa shape index (κ3) is 7.35. The number of carbonyl (C=O) groups is 1. The second-order valence-corrected chi connectivity index (χ2v) is 14.4. The molecule has 1 aromatic carbocycles. The van der Waals surface area contributed by atoms with Gasteiger partial charge in [-0.3, -0.25) is 4.79 Å². The maximum absolute atomic E-state index is 13.7. The summed E-state index contributed by atoms with van der Waals surface area (Å²) in [6.45, 7) is 9.09. The number of halogens is 1. The van der Waals surface area contributed by atoms with Gasteiger partial charge < -0.3 is 19.9 Å². The van der Waals surface area contributed by atoms with E-state index in [1.54, 1.807) is 27.0 Å². The highest BCUT2D eigenvalue weighted by Gasteiger charge is 2.34. The average Bonchev–Trinajstić information content (AvgIpc) is 3.47. The molecule has 1 N–H and O–H groups in total. The van der Waals surface area contributed by atoms with Gasteiger partial charge in [-0.2, -0.15) is 0 Å². The maximum Gasteiger partial charge on any atom is 0.272 e. The fourth-order valence-electron chi connectivity index (χ4n) is 6.66. The van der Waals surface area contributed by atoms with Crippen molar-refractivity contribution in [2.24, 2.45) is 0 Å². The molecule has 1 aromatic heterocycles. The largest absolute Gasteiger partial charge is 0.368 e. The summed E-state index contributed by atoms with van der Waals surface area (Å²) in [4.78, 5) is 27.1. The molecule has 4 heterocycles. The third-order valence-electron chi connectivity index (χ3n) is 9.42. The molecule has 2 unspecified atom stereocenters. The average molecular weight is 617 g/mol. The van der Waals surface area contributed by atoms with E-state index in [9.17, 15) is 17.6 Å². The van der Waals surface area contributed by atoms with E-state index in [0.717, 1.165) is 62.7 Å². The van der Waals surface area contributed by atoms with Gasteiger partial charge in [-0.1, -0.05) is 12.1 Å². The van der Waals surface area contributed by atoms with E-state index in [2.05, 4.69) is 20.2 Å². The van der Waals surface area contributed by atoms with Crippen molar-refractivity contribution in [3.05, 3.63) is 52.2 Å². The molecule has 0 spiro atoms. The SMILES string of the molecule is Cc1nc(NCC2CCC(c3ccc(F)c(C)c3)O2)c(C)c(C(=O)N2CCC(N3CCC(N(C)S(C)(=O)=O)CC3)CC2)n1. The van der Waals surface area contributed by atoms with Gasteiger partial charge in [0, 0.05) is 44.3 Å². The Kier molecular flexibility index (Phi) is 9.70. The van der Waals surface area contributed by atoms with Crippen LogP contribution >= 0.6 is 0 Å². The molecule has 2 atom stereocenters. The minimum Gasteiger partial charge on any atom is -0.368 e. The molecular formula is C31H45FN6O4S. The first kappa shape index (κ1) is 31.7. The number of carbonyl (C=O) groups excluding carboxylic acids is 1. The molecule has 43 heavy (non-hydrogen) atoms. The number of sulfonamides is 1. The van der Waals surface area contributed by atoms with Gasteiger partial charge in [0.1, 0.15) is 23.2 Å². The van der Waals surface area contributed by atoms with E-state index in [1.807, 2.05) is 17.9 Å². The lowest BCUT2D eigenvalue weighted by Gasteiger charge is -2.43. The molecule has 3 aliphatic heterocycles. The minimum absolute atomic E-state index is 0.0138. The molecule has 1 amide bonds. The highest BCUT2D eigenvalue weighted by molar-refractivity contribution is 7.88. The number of nitrogens with zero attached hydrogens (tertiary/aromatic N) is 5. The quantitative estimate of drug-likeness (QED) is 0.477. The first-order valence-electron chi connectivity index (χ1n) is 15.4. The smallest absolute Gasteiger partial charge is 0.272 e. The van der Waals surface area contributed by atoms with Crippen molar-refractivity contribution in [3.8, 4) is 0 Å². The van der Waals surface area contributed by atoms with Crippen molar-refractivity contribution in [1.29, 1.82) is 0 Å². The van der Waals surface area contributed by atoms with Crippen LogP contribution in [0.15, 0.2) is 18.2 Å². The van der Waals surface area contributed by atoms with Gasteiger partial charge in [-0.25, -0.2) is 27.1 Å². The number of piperidine rings is 2. The fraction of sp³-hybridized carbons (Fsp3) is 0.645. The summed E-state index contributed by atoms with van der Waals surface area (Å²) in [6, 6.07) is 5.61. The van der Waals surface area contributed by atoms with Crippen molar-refractivity contribution in [2.45, 2.75) is 83.6 Å². The van der Waals surface area contributed by atoms with Gasteiger partial charge in [0.05, 0.1) is 18.5 Å². The standard InChI is InChI=1S/C31H45FN6O4S/c1-20-18-23(6-8-27(20)32)28-9-7-26(42-28)19-33-30-21(2)29(34-22(3)35-30)31(39)38-16-12-25(13-17-38)37-14-10-24(11-15-37)36(4)43(5,40)41/h6,8,18,24-26,28H,7,9-17,19H2,1-5H3,(H,33,34,35). The lowest BCUT2D eigenvalue weighted by molar-refractivity contribution is 0.0520. The van der Waals surface area contributed by atoms with Crippen molar-refractivity contribution >= 4 is 21.7 Å². The highest BCUT2D eigenvalue weighted by atomic mass is 32.2. The first-order valence-corrected chi connectivity index (χ1v) is 17.2. The van der Waals surface area contributed by atoms with Crippen molar-refractivity contribution in [3.63, 3.8) is 0 Å². The molecule has 236 valence electrons. The number of amides is 1. The topological polar surface area (TPSA) is 108 Å². The molecule has 5 rings (SSSR count). The third-order valence-corrected chi connectivity index (χ3v) is 10.8. The molecule has 3 saturated heterocycles. The fourth-order valence-corrected chi connectivity index (χ4v) is 7.41. The molecule has 0 radical (unpaired) electrons. The van der Waals surface area contributed by atoms with Gasteiger partial charge in [-0.15, -0.1) is 0 Å². The zero-order valence-corrected chi connectivity index (χ0v) is 26.8. The van der Waals surface area contributed by atoms with Gasteiger partial charge in [0.2, 0.25) is 10.0 Å². The molecule has 3 fully saturated rings. The number of aryl methyl sites for hydroxylation is 2. The Hall–Kier alpha value is -2.67. The van der Waals surface area contributed by atoms with Crippen LogP contribution < -0.4 is 5.32 Å². The number of hydrogen-bond donors (Lipinski definition) is 1. The zero-order valence-electron chi connectivity index (χ0n) is 26.0. The van der Waals surface area contributed by atoms with Gasteiger partial charge >= 0.3 is 0 Å². The van der Waals surface area contributed by atoms with Crippen molar-refractivity contribution < 1.29 is 22.3 Å². The summed E-state index contributed by atoms with van der Waals surface area (Å²) in [5, 5.41) is 3.40. The second kappa shape index (κ2) is 13.1. The van der Waals surface area contributed by atoms with E-state index in [4.69, 9.17) is 4.74 Å². The summed E-state index contributed by atoms with van der Waals surface area (Å²) >= 11 is 0. The highest BCUT2D eigenvalue weighted by Crippen LogP contribution is 2.34. The Morgan fingerprint density at radius 2 is 1.74 bits per heavy atom. The number of nitrogens with one attached hydrogen (secondary N) is 1. The normalized spacial score (nSPS) is 22.8. The Balaban J connectivity index is 1.14. The monoisotopic (exact) mass is 616 g/mol. The van der Waals surface area contributed by atoms with Crippen LogP contribution in [0, 0.1) is 26.6 Å². The zero-order chi connectivity index (χ0) is 30.9. The predicted octanol–water partition coefficient (Wildman–Crippen LogP) is 3.83. The van der Waals surface area contributed by atoms with Crippen LogP contribution in [-0.2, 0) is 14.8 Å². The molecule has 12 heteroatoms. The van der Waals surface area contributed by atoms with Crippen molar-refractivity contribution in [1.82, 2.24) is 24.1 Å². The molecule has 0 aliphatic carbocycles. The second-order valence-electron chi connectivity index (χ2n) is 12.4. The van der Waals surface area contributed by atoms with E-state index in [0.29, 0.717) is 48.6 Å². The number of anilines is 1. The number of likely N-dealkylation sites (tertiary alicyclic amines) is 2. The minimum atomic E-state index is -3.18. The van der Waals surface area contributed by atoms with Crippen LogP contribution in [0.2, 0.25) is 0 Å². The van der Waals surface area contributed by atoms with Gasteiger partial charge in [0.25, 0.3) is 5.91 Å². The summed E-state index contributed by atoms with van der Waals surface area (Å²) in [5.41, 5.74) is 2.79. The lowest BCUT2D eigenvalue weighted by atomic mass is 9.97. The summed E-state index contributed by atoms with van der Waals surface area (Å²) < 4.78 is 45.3. The number of hydrogen-bond acceptors (Lipinski definition) is 8. The number of ether oxygens (including phenoxy) is 1. The molecule has 0 bridgehead atoms. The Morgan fingerprint density at radius 3 is 2.40 bits per heavy atom. The Labute approximate surface area is 255 Å². The number of rotatable bonds is 8. The van der Waals surface area contributed by atoms with Crippen molar-refractivity contribution in [2.75, 3.05) is 51.3 Å². The van der Waals surface area contributed by atoms with Crippen LogP contribution in [0.4, 0.5) is 10.2 Å². The van der Waals surface area contributed by atoms with E-state index in [1.165, 1.54) is 16.6 Å². The molecule has 10 nitrogen and oxygen atoms in total. The lowest BCUT2D eigenvalue weighted by Crippen LogP contribution is -2.52. The molecular weight excluding hydrogens is 571 g/mol. The number of benzene rings is 1. The molecule has 0 saturated carbocycles. The van der Waals surface area contributed by atoms with Crippen LogP contribution in [0.1, 0.15) is 77.6 Å². The van der Waals surface area contributed by atoms with Crippen LogP contribution in [0.3, 0.4) is 0 Å². The molecule has 2 aromatic rings. The van der Waals surface area contributed by atoms with E-state index >= 15 is 0 Å². The Morgan fingerprint density at radius 1 is 1.05 bits per heavy atom. The van der Waals surface area contributed by atoms with E-state index < -0.39 is 10.0 Å². The van der Waals surface area contributed by atoms with E-state index in [-0.39, 0.29) is 30.0 Å². The predicted molar refractivity (Wildman–Crippen MR) is 164 cm³/mol. The van der Waals surface area contributed by atoms with Gasteiger partial charge in [-0.05, 0) is 89.6 Å². The van der Waals surface area contributed by atoms with Gasteiger partial charge in [0.15, 0.2) is 0 Å². The molecule has 3 aliphatic rings. The van der Waals surface area contributed by atoms with Crippen LogP contribution in [-0.4, -0.2) is 103 Å². The maximum atomic E-state index is 13.7. The first-order chi connectivity index (χ1) is 20.4. The summed E-state index contributed by atoms with van der Waals surface area (Å²) in [5.74, 6) is 0.917. The number of aromatic nitrogens is 2. The summed E-state index contributed by atoms with van der Waals surface area (Å²) in [6.07, 6.45) is 6.38.